The molecule has 5 nitrogen and oxygen atoms in total. The molecule has 2 aromatic rings. The fourth-order valence-electron chi connectivity index (χ4n) is 2.20. The molecule has 0 saturated heterocycles. The van der Waals surface area contributed by atoms with Gasteiger partial charge in [-0.05, 0) is 27.7 Å². The summed E-state index contributed by atoms with van der Waals surface area (Å²) in [6.45, 7) is 7.72. The van der Waals surface area contributed by atoms with Crippen LogP contribution in [0.5, 0.6) is 17.2 Å². The predicted molar refractivity (Wildman–Crippen MR) is 88.5 cm³/mol. The summed E-state index contributed by atoms with van der Waals surface area (Å²) in [5.41, 5.74) is -0.458. The number of carbonyl (C=O) groups excluding carboxylic acids is 1. The maximum Gasteiger partial charge on any atom is 0.513 e. The Balaban J connectivity index is 2.62. The molecule has 124 valence electrons. The van der Waals surface area contributed by atoms with E-state index in [1.54, 1.807) is 20.1 Å². The summed E-state index contributed by atoms with van der Waals surface area (Å²) >= 11 is 0. The SMILES string of the molecule is CCOC(=O)Oc1c(OC(C)(C)C)cc(OC)c2ccccc12. The van der Waals surface area contributed by atoms with Crippen LogP contribution in [0.15, 0.2) is 30.3 Å². The standard InChI is InChI=1S/C18H22O5/c1-6-21-17(19)22-16-13-10-8-7-9-12(13)14(20-5)11-15(16)23-18(2,3)4/h7-11H,6H2,1-5H3. The summed E-state index contributed by atoms with van der Waals surface area (Å²) in [5, 5.41) is 1.55. The van der Waals surface area contributed by atoms with E-state index in [9.17, 15) is 4.79 Å². The summed E-state index contributed by atoms with van der Waals surface area (Å²) in [6.07, 6.45) is -0.762. The van der Waals surface area contributed by atoms with E-state index >= 15 is 0 Å². The normalized spacial score (nSPS) is 11.2. The number of carbonyl (C=O) groups is 1. The molecule has 0 aliphatic heterocycles. The number of rotatable bonds is 4. The van der Waals surface area contributed by atoms with Gasteiger partial charge in [-0.3, -0.25) is 0 Å². The van der Waals surface area contributed by atoms with Crippen LogP contribution in [0.4, 0.5) is 4.79 Å². The molecule has 23 heavy (non-hydrogen) atoms. The fraction of sp³-hybridized carbons (Fsp3) is 0.389. The highest BCUT2D eigenvalue weighted by atomic mass is 16.7. The number of ether oxygens (including phenoxy) is 4. The van der Waals surface area contributed by atoms with Crippen molar-refractivity contribution in [3.63, 3.8) is 0 Å². The summed E-state index contributed by atoms with van der Waals surface area (Å²) in [7, 11) is 1.59. The molecule has 0 saturated carbocycles. The summed E-state index contributed by atoms with van der Waals surface area (Å²) in [6, 6.07) is 9.22. The van der Waals surface area contributed by atoms with Gasteiger partial charge in [-0.15, -0.1) is 0 Å². The topological polar surface area (TPSA) is 54.0 Å². The van der Waals surface area contributed by atoms with E-state index in [1.807, 2.05) is 45.0 Å². The maximum absolute atomic E-state index is 11.8. The molecule has 5 heteroatoms. The highest BCUT2D eigenvalue weighted by Gasteiger charge is 2.22. The van der Waals surface area contributed by atoms with Gasteiger partial charge in [-0.1, -0.05) is 24.3 Å². The molecule has 0 unspecified atom stereocenters. The maximum atomic E-state index is 11.8. The molecule has 0 heterocycles. The van der Waals surface area contributed by atoms with Gasteiger partial charge in [0.2, 0.25) is 0 Å². The first-order chi connectivity index (χ1) is 10.9. The Morgan fingerprint density at radius 2 is 1.74 bits per heavy atom. The van der Waals surface area contributed by atoms with Crippen molar-refractivity contribution in [1.29, 1.82) is 0 Å². The first-order valence-corrected chi connectivity index (χ1v) is 7.49. The third kappa shape index (κ3) is 4.06. The van der Waals surface area contributed by atoms with Crippen molar-refractivity contribution in [3.05, 3.63) is 30.3 Å². The number of methoxy groups -OCH3 is 1. The molecule has 2 rings (SSSR count). The lowest BCUT2D eigenvalue weighted by atomic mass is 10.1. The van der Waals surface area contributed by atoms with Gasteiger partial charge in [0.15, 0.2) is 11.5 Å². The second kappa shape index (κ2) is 6.77. The van der Waals surface area contributed by atoms with Crippen LogP contribution in [0.2, 0.25) is 0 Å². The minimum absolute atomic E-state index is 0.238. The first-order valence-electron chi connectivity index (χ1n) is 7.49. The van der Waals surface area contributed by atoms with Crippen LogP contribution in [-0.4, -0.2) is 25.5 Å². The Morgan fingerprint density at radius 1 is 1.09 bits per heavy atom. The van der Waals surface area contributed by atoms with Crippen molar-refractivity contribution in [3.8, 4) is 17.2 Å². The minimum Gasteiger partial charge on any atom is -0.496 e. The zero-order valence-electron chi connectivity index (χ0n) is 14.1. The second-order valence-corrected chi connectivity index (χ2v) is 5.95. The van der Waals surface area contributed by atoms with E-state index in [-0.39, 0.29) is 6.61 Å². The molecule has 2 aromatic carbocycles. The molecule has 0 fully saturated rings. The lowest BCUT2D eigenvalue weighted by Gasteiger charge is -2.24. The van der Waals surface area contributed by atoms with Gasteiger partial charge in [0.25, 0.3) is 0 Å². The van der Waals surface area contributed by atoms with E-state index in [0.717, 1.165) is 10.8 Å². The van der Waals surface area contributed by atoms with Crippen LogP contribution in [0.1, 0.15) is 27.7 Å². The summed E-state index contributed by atoms with van der Waals surface area (Å²) < 4.78 is 21.7. The second-order valence-electron chi connectivity index (χ2n) is 5.95. The Labute approximate surface area is 136 Å². The van der Waals surface area contributed by atoms with Crippen molar-refractivity contribution in [2.24, 2.45) is 0 Å². The third-order valence-electron chi connectivity index (χ3n) is 3.01. The molecule has 0 amide bonds. The van der Waals surface area contributed by atoms with Gasteiger partial charge in [-0.2, -0.15) is 0 Å². The fourth-order valence-corrected chi connectivity index (χ4v) is 2.20. The average Bonchev–Trinajstić information content (AvgIpc) is 2.48. The van der Waals surface area contributed by atoms with E-state index in [4.69, 9.17) is 18.9 Å². The molecule has 0 bridgehead atoms. The van der Waals surface area contributed by atoms with Crippen molar-refractivity contribution in [1.82, 2.24) is 0 Å². The van der Waals surface area contributed by atoms with Crippen molar-refractivity contribution in [2.75, 3.05) is 13.7 Å². The highest BCUT2D eigenvalue weighted by molar-refractivity contribution is 5.96. The Kier molecular flexibility index (Phi) is 4.98. The van der Waals surface area contributed by atoms with Crippen LogP contribution in [0.25, 0.3) is 10.8 Å². The van der Waals surface area contributed by atoms with Gasteiger partial charge < -0.3 is 18.9 Å². The van der Waals surface area contributed by atoms with Gasteiger partial charge in [0.05, 0.1) is 13.7 Å². The summed E-state index contributed by atoms with van der Waals surface area (Å²) in [4.78, 5) is 11.8. The first kappa shape index (κ1) is 16.9. The van der Waals surface area contributed by atoms with Crippen LogP contribution >= 0.6 is 0 Å². The van der Waals surface area contributed by atoms with E-state index in [0.29, 0.717) is 17.2 Å². The monoisotopic (exact) mass is 318 g/mol. The van der Waals surface area contributed by atoms with Crippen molar-refractivity contribution in [2.45, 2.75) is 33.3 Å². The van der Waals surface area contributed by atoms with Crippen molar-refractivity contribution < 1.29 is 23.7 Å². The third-order valence-corrected chi connectivity index (χ3v) is 3.01. The number of hydrogen-bond donors (Lipinski definition) is 0. The zero-order chi connectivity index (χ0) is 17.0. The number of hydrogen-bond acceptors (Lipinski definition) is 5. The van der Waals surface area contributed by atoms with Crippen molar-refractivity contribution >= 4 is 16.9 Å². The van der Waals surface area contributed by atoms with Gasteiger partial charge in [-0.25, -0.2) is 4.79 Å². The lowest BCUT2D eigenvalue weighted by molar-refractivity contribution is 0.0953. The van der Waals surface area contributed by atoms with E-state index in [1.165, 1.54) is 0 Å². The molecule has 0 spiro atoms. The molecule has 0 atom stereocenters. The van der Waals surface area contributed by atoms with Crippen LogP contribution in [0.3, 0.4) is 0 Å². The van der Waals surface area contributed by atoms with Crippen LogP contribution < -0.4 is 14.2 Å². The Bertz CT molecular complexity index is 700. The molecular weight excluding hydrogens is 296 g/mol. The quantitative estimate of drug-likeness (QED) is 0.611. The zero-order valence-corrected chi connectivity index (χ0v) is 14.1. The molecular formula is C18H22O5. The minimum atomic E-state index is -0.762. The van der Waals surface area contributed by atoms with Gasteiger partial charge >= 0.3 is 6.16 Å². The molecule has 0 aromatic heterocycles. The Hall–Kier alpha value is -2.43. The molecule has 0 N–H and O–H groups in total. The molecule has 0 aliphatic rings. The number of benzene rings is 2. The summed E-state index contributed by atoms with van der Waals surface area (Å²) in [5.74, 6) is 1.41. The van der Waals surface area contributed by atoms with Gasteiger partial charge in [0.1, 0.15) is 11.4 Å². The Morgan fingerprint density at radius 3 is 2.30 bits per heavy atom. The van der Waals surface area contributed by atoms with Crippen LogP contribution in [0, 0.1) is 0 Å². The molecule has 0 aliphatic carbocycles. The highest BCUT2D eigenvalue weighted by Crippen LogP contribution is 2.42. The number of fused-ring (bicyclic) bond motifs is 1. The van der Waals surface area contributed by atoms with Gasteiger partial charge in [0, 0.05) is 16.8 Å². The van der Waals surface area contributed by atoms with Crippen LogP contribution in [-0.2, 0) is 4.74 Å². The smallest absolute Gasteiger partial charge is 0.496 e. The average molecular weight is 318 g/mol. The van der Waals surface area contributed by atoms with E-state index < -0.39 is 11.8 Å². The molecule has 0 radical (unpaired) electrons. The lowest BCUT2D eigenvalue weighted by Crippen LogP contribution is -2.24. The van der Waals surface area contributed by atoms with E-state index in [2.05, 4.69) is 0 Å². The predicted octanol–water partition coefficient (Wildman–Crippen LogP) is 4.56. The largest absolute Gasteiger partial charge is 0.513 e.